The van der Waals surface area contributed by atoms with E-state index in [0.717, 1.165) is 0 Å². The summed E-state index contributed by atoms with van der Waals surface area (Å²) in [5.74, 6) is 0. The van der Waals surface area contributed by atoms with E-state index in [2.05, 4.69) is 0 Å². The van der Waals surface area contributed by atoms with Gasteiger partial charge in [0.25, 0.3) is 0 Å². The predicted octanol–water partition coefficient (Wildman–Crippen LogP) is 4.47. The van der Waals surface area contributed by atoms with Crippen LogP contribution in [0.1, 0.15) is 5.56 Å². The molecule has 0 aliphatic carbocycles. The summed E-state index contributed by atoms with van der Waals surface area (Å²) in [6.45, 7) is 0.154. The molecule has 2 rings (SSSR count). The monoisotopic (exact) mass is 363 g/mol. The van der Waals surface area contributed by atoms with Crippen LogP contribution < -0.4 is 0 Å². The number of benzene rings is 2. The van der Waals surface area contributed by atoms with Gasteiger partial charge >= 0.3 is 0 Å². The van der Waals surface area contributed by atoms with Gasteiger partial charge in [0, 0.05) is 28.7 Å². The molecule has 2 aromatic rings. The lowest BCUT2D eigenvalue weighted by Crippen LogP contribution is -2.26. The molecule has 0 aliphatic heterocycles. The van der Waals surface area contributed by atoms with E-state index in [1.165, 1.54) is 35.6 Å². The molecule has 0 aromatic heterocycles. The molecule has 2 aromatic carbocycles. The Morgan fingerprint density at radius 1 is 0.952 bits per heavy atom. The number of hydrogen-bond acceptors (Lipinski definition) is 2. The minimum atomic E-state index is -3.60. The highest BCUT2D eigenvalue weighted by Crippen LogP contribution is 2.24. The van der Waals surface area contributed by atoms with E-state index in [9.17, 15) is 8.42 Å². The van der Waals surface area contributed by atoms with Crippen LogP contribution >= 0.6 is 34.8 Å². The zero-order valence-electron chi connectivity index (χ0n) is 11.1. The van der Waals surface area contributed by atoms with Crippen LogP contribution in [0, 0.1) is 0 Å². The maximum absolute atomic E-state index is 12.4. The van der Waals surface area contributed by atoms with Crippen molar-refractivity contribution in [2.45, 2.75) is 11.4 Å². The van der Waals surface area contributed by atoms with Crippen molar-refractivity contribution in [3.8, 4) is 0 Å². The predicted molar refractivity (Wildman–Crippen MR) is 86.6 cm³/mol. The second-order valence-electron chi connectivity index (χ2n) is 4.45. The molecule has 0 aliphatic rings. The van der Waals surface area contributed by atoms with Gasteiger partial charge in [0.05, 0.1) is 4.90 Å². The van der Waals surface area contributed by atoms with Crippen LogP contribution in [0.5, 0.6) is 0 Å². The van der Waals surface area contributed by atoms with Gasteiger partial charge in [0.15, 0.2) is 0 Å². The fourth-order valence-corrected chi connectivity index (χ4v) is 3.50. The van der Waals surface area contributed by atoms with Gasteiger partial charge in [-0.25, -0.2) is 8.42 Å². The Hall–Kier alpha value is -0.780. The Bertz CT molecular complexity index is 745. The van der Waals surface area contributed by atoms with Gasteiger partial charge in [-0.2, -0.15) is 4.31 Å². The molecule has 0 amide bonds. The molecule has 0 N–H and O–H groups in total. The fourth-order valence-electron chi connectivity index (χ4n) is 1.76. The number of sulfonamides is 1. The van der Waals surface area contributed by atoms with Gasteiger partial charge in [0.2, 0.25) is 10.0 Å². The molecule has 0 bridgehead atoms. The van der Waals surface area contributed by atoms with Crippen LogP contribution in [0.3, 0.4) is 0 Å². The maximum Gasteiger partial charge on any atom is 0.243 e. The summed E-state index contributed by atoms with van der Waals surface area (Å²) in [7, 11) is -2.10. The largest absolute Gasteiger partial charge is 0.243 e. The Morgan fingerprint density at radius 3 is 2.10 bits per heavy atom. The first kappa shape index (κ1) is 16.6. The molecule has 0 saturated carbocycles. The Morgan fingerprint density at radius 2 is 1.52 bits per heavy atom. The first-order chi connectivity index (χ1) is 9.80. The topological polar surface area (TPSA) is 37.4 Å². The highest BCUT2D eigenvalue weighted by molar-refractivity contribution is 7.89. The molecule has 112 valence electrons. The van der Waals surface area contributed by atoms with Crippen molar-refractivity contribution in [3.05, 3.63) is 63.1 Å². The lowest BCUT2D eigenvalue weighted by molar-refractivity contribution is 0.467. The van der Waals surface area contributed by atoms with Crippen molar-refractivity contribution in [2.24, 2.45) is 0 Å². The smallest absolute Gasteiger partial charge is 0.207 e. The quantitative estimate of drug-likeness (QED) is 0.803. The molecule has 0 unspecified atom stereocenters. The average molecular weight is 365 g/mol. The van der Waals surface area contributed by atoms with Gasteiger partial charge in [0.1, 0.15) is 0 Å². The molecule has 0 radical (unpaired) electrons. The molecule has 0 fully saturated rings. The fraction of sp³-hybridized carbons (Fsp3) is 0.143. The highest BCUT2D eigenvalue weighted by atomic mass is 35.5. The summed E-state index contributed by atoms with van der Waals surface area (Å²) in [4.78, 5) is 0.180. The third kappa shape index (κ3) is 3.90. The van der Waals surface area contributed by atoms with E-state index in [0.29, 0.717) is 20.6 Å². The zero-order chi connectivity index (χ0) is 15.6. The minimum Gasteiger partial charge on any atom is -0.207 e. The normalized spacial score (nSPS) is 11.9. The summed E-state index contributed by atoms with van der Waals surface area (Å²) in [6, 6.07) is 11.0. The molecular weight excluding hydrogens is 353 g/mol. The number of halogens is 3. The average Bonchev–Trinajstić information content (AvgIpc) is 2.42. The lowest BCUT2D eigenvalue weighted by atomic mass is 10.2. The van der Waals surface area contributed by atoms with E-state index in [1.807, 2.05) is 0 Å². The SMILES string of the molecule is CN(Cc1ccc(Cl)cc1Cl)S(=O)(=O)c1ccc(Cl)cc1. The van der Waals surface area contributed by atoms with Gasteiger partial charge in [-0.15, -0.1) is 0 Å². The molecule has 0 spiro atoms. The van der Waals surface area contributed by atoms with E-state index in [1.54, 1.807) is 18.2 Å². The molecule has 21 heavy (non-hydrogen) atoms. The highest BCUT2D eigenvalue weighted by Gasteiger charge is 2.21. The van der Waals surface area contributed by atoms with Crippen LogP contribution in [-0.2, 0) is 16.6 Å². The summed E-state index contributed by atoms with van der Waals surface area (Å²) < 4.78 is 26.1. The van der Waals surface area contributed by atoms with Gasteiger partial charge < -0.3 is 0 Å². The molecule has 7 heteroatoms. The Labute approximate surface area is 139 Å². The summed E-state index contributed by atoms with van der Waals surface area (Å²) in [5.41, 5.74) is 0.682. The van der Waals surface area contributed by atoms with Crippen LogP contribution in [0.2, 0.25) is 15.1 Å². The number of rotatable bonds is 4. The third-order valence-electron chi connectivity index (χ3n) is 2.93. The van der Waals surface area contributed by atoms with E-state index < -0.39 is 10.0 Å². The molecule has 0 heterocycles. The standard InChI is InChI=1S/C14H12Cl3NO2S/c1-18(9-10-2-3-12(16)8-14(10)17)21(19,20)13-6-4-11(15)5-7-13/h2-8H,9H2,1H3. The van der Waals surface area contributed by atoms with E-state index in [-0.39, 0.29) is 11.4 Å². The molecule has 0 atom stereocenters. The van der Waals surface area contributed by atoms with Crippen LogP contribution in [0.15, 0.2) is 47.4 Å². The Balaban J connectivity index is 2.26. The van der Waals surface area contributed by atoms with Gasteiger partial charge in [-0.3, -0.25) is 0 Å². The van der Waals surface area contributed by atoms with Crippen molar-refractivity contribution < 1.29 is 8.42 Å². The molecule has 0 saturated heterocycles. The summed E-state index contributed by atoms with van der Waals surface area (Å²) in [6.07, 6.45) is 0. The van der Waals surface area contributed by atoms with Crippen molar-refractivity contribution in [1.29, 1.82) is 0 Å². The van der Waals surface area contributed by atoms with Crippen LogP contribution in [0.4, 0.5) is 0 Å². The van der Waals surface area contributed by atoms with Crippen molar-refractivity contribution >= 4 is 44.8 Å². The van der Waals surface area contributed by atoms with Crippen LogP contribution in [-0.4, -0.2) is 19.8 Å². The lowest BCUT2D eigenvalue weighted by Gasteiger charge is -2.18. The second kappa shape index (κ2) is 6.55. The maximum atomic E-state index is 12.4. The first-order valence-electron chi connectivity index (χ1n) is 5.96. The van der Waals surface area contributed by atoms with Crippen molar-refractivity contribution in [2.75, 3.05) is 7.05 Å². The number of hydrogen-bond donors (Lipinski definition) is 0. The van der Waals surface area contributed by atoms with Gasteiger partial charge in [-0.05, 0) is 42.0 Å². The number of nitrogens with zero attached hydrogens (tertiary/aromatic N) is 1. The minimum absolute atomic E-state index is 0.154. The van der Waals surface area contributed by atoms with Crippen molar-refractivity contribution in [1.82, 2.24) is 4.31 Å². The summed E-state index contributed by atoms with van der Waals surface area (Å²) in [5, 5.41) is 1.42. The van der Waals surface area contributed by atoms with E-state index in [4.69, 9.17) is 34.8 Å². The van der Waals surface area contributed by atoms with Gasteiger partial charge in [-0.1, -0.05) is 40.9 Å². The second-order valence-corrected chi connectivity index (χ2v) is 7.78. The van der Waals surface area contributed by atoms with Crippen LogP contribution in [0.25, 0.3) is 0 Å². The molecular formula is C14H12Cl3NO2S. The third-order valence-corrected chi connectivity index (χ3v) is 5.59. The zero-order valence-corrected chi connectivity index (χ0v) is 14.1. The summed E-state index contributed by atoms with van der Waals surface area (Å²) >= 11 is 17.7. The first-order valence-corrected chi connectivity index (χ1v) is 8.54. The Kier molecular flexibility index (Phi) is 5.17. The van der Waals surface area contributed by atoms with E-state index >= 15 is 0 Å². The molecule has 3 nitrogen and oxygen atoms in total. The van der Waals surface area contributed by atoms with Crippen molar-refractivity contribution in [3.63, 3.8) is 0 Å².